The van der Waals surface area contributed by atoms with Gasteiger partial charge in [-0.2, -0.15) is 0 Å². The lowest BCUT2D eigenvalue weighted by Gasteiger charge is -1.92. The monoisotopic (exact) mass is 225 g/mol. The fourth-order valence-electron chi connectivity index (χ4n) is 1.29. The molecule has 0 radical (unpaired) electrons. The first-order chi connectivity index (χ1) is 7.26. The van der Waals surface area contributed by atoms with Gasteiger partial charge in [-0.05, 0) is 11.6 Å². The number of nitrogens with zero attached hydrogens (tertiary/aromatic N) is 1. The van der Waals surface area contributed by atoms with Gasteiger partial charge < -0.3 is 9.15 Å². The molecule has 5 heteroatoms. The summed E-state index contributed by atoms with van der Waals surface area (Å²) in [6, 6.07) is 5.36. The number of ether oxygens (including phenoxy) is 1. The minimum absolute atomic E-state index is 0.0509. The van der Waals surface area contributed by atoms with E-state index >= 15 is 0 Å². The summed E-state index contributed by atoms with van der Waals surface area (Å²) in [6.07, 6.45) is 0. The number of alkyl halides is 1. The average molecular weight is 226 g/mol. The van der Waals surface area contributed by atoms with Gasteiger partial charge in [-0.15, -0.1) is 11.6 Å². The van der Waals surface area contributed by atoms with Crippen molar-refractivity contribution in [2.45, 2.75) is 5.88 Å². The van der Waals surface area contributed by atoms with Crippen LogP contribution in [0.3, 0.4) is 0 Å². The second-order valence-electron chi connectivity index (χ2n) is 2.91. The van der Waals surface area contributed by atoms with Gasteiger partial charge in [0, 0.05) is 5.88 Å². The molecule has 1 aromatic heterocycles. The molecular weight excluding hydrogens is 218 g/mol. The molecule has 0 saturated heterocycles. The van der Waals surface area contributed by atoms with E-state index in [1.807, 2.05) is 6.07 Å². The first-order valence-electron chi connectivity index (χ1n) is 4.29. The zero-order valence-corrected chi connectivity index (χ0v) is 8.75. The second-order valence-corrected chi connectivity index (χ2v) is 3.18. The Hall–Kier alpha value is -1.55. The minimum atomic E-state index is -0.591. The van der Waals surface area contributed by atoms with Gasteiger partial charge in [0.2, 0.25) is 0 Å². The number of esters is 1. The number of carbonyl (C=O) groups is 1. The van der Waals surface area contributed by atoms with Crippen molar-refractivity contribution in [1.82, 2.24) is 4.98 Å². The van der Waals surface area contributed by atoms with E-state index in [1.165, 1.54) is 7.11 Å². The van der Waals surface area contributed by atoms with Crippen LogP contribution in [0.5, 0.6) is 0 Å². The zero-order chi connectivity index (χ0) is 10.8. The highest BCUT2D eigenvalue weighted by atomic mass is 35.5. The molecule has 0 bridgehead atoms. The third-order valence-electron chi connectivity index (χ3n) is 2.01. The fourth-order valence-corrected chi connectivity index (χ4v) is 1.50. The third-order valence-corrected chi connectivity index (χ3v) is 2.29. The minimum Gasteiger partial charge on any atom is -0.462 e. The topological polar surface area (TPSA) is 52.3 Å². The van der Waals surface area contributed by atoms with Crippen molar-refractivity contribution in [3.05, 3.63) is 29.7 Å². The molecule has 4 nitrogen and oxygen atoms in total. The van der Waals surface area contributed by atoms with Crippen LogP contribution in [0.25, 0.3) is 11.1 Å². The molecule has 15 heavy (non-hydrogen) atoms. The molecule has 0 aliphatic heterocycles. The first-order valence-corrected chi connectivity index (χ1v) is 4.82. The Bertz CT molecular complexity index is 506. The highest BCUT2D eigenvalue weighted by molar-refractivity contribution is 6.17. The molecule has 0 fully saturated rings. The summed E-state index contributed by atoms with van der Waals surface area (Å²) in [5.74, 6) is -0.318. The Balaban J connectivity index is 2.60. The Morgan fingerprint density at radius 3 is 3.07 bits per heavy atom. The van der Waals surface area contributed by atoms with Crippen LogP contribution in [0.4, 0.5) is 0 Å². The van der Waals surface area contributed by atoms with Crippen LogP contribution in [0, 0.1) is 0 Å². The predicted octanol–water partition coefficient (Wildman–Crippen LogP) is 2.35. The lowest BCUT2D eigenvalue weighted by atomic mass is 10.2. The molecule has 2 aromatic rings. The van der Waals surface area contributed by atoms with Crippen LogP contribution in [-0.2, 0) is 10.6 Å². The lowest BCUT2D eigenvalue weighted by Crippen LogP contribution is -2.00. The van der Waals surface area contributed by atoms with Crippen molar-refractivity contribution in [2.75, 3.05) is 7.11 Å². The molecule has 1 heterocycles. The van der Waals surface area contributed by atoms with E-state index in [2.05, 4.69) is 9.72 Å². The van der Waals surface area contributed by atoms with E-state index < -0.39 is 5.97 Å². The molecule has 1 aromatic carbocycles. The lowest BCUT2D eigenvalue weighted by molar-refractivity contribution is 0.0559. The number of fused-ring (bicyclic) bond motifs is 1. The highest BCUT2D eigenvalue weighted by Crippen LogP contribution is 2.21. The van der Waals surface area contributed by atoms with Crippen molar-refractivity contribution < 1.29 is 13.9 Å². The number of carbonyl (C=O) groups excluding carboxylic acids is 1. The van der Waals surface area contributed by atoms with Gasteiger partial charge in [0.1, 0.15) is 5.52 Å². The van der Waals surface area contributed by atoms with Gasteiger partial charge in [0.05, 0.1) is 7.11 Å². The predicted molar refractivity (Wildman–Crippen MR) is 54.9 cm³/mol. The fraction of sp³-hybridized carbons (Fsp3) is 0.200. The van der Waals surface area contributed by atoms with E-state index in [0.717, 1.165) is 5.56 Å². The number of hydrogen-bond donors (Lipinski definition) is 0. The Labute approximate surface area is 90.8 Å². The molecular formula is C10H8ClNO3. The summed E-state index contributed by atoms with van der Waals surface area (Å²) >= 11 is 5.73. The number of hydrogen-bond acceptors (Lipinski definition) is 4. The van der Waals surface area contributed by atoms with Crippen LogP contribution < -0.4 is 0 Å². The molecule has 0 atom stereocenters. The first kappa shape index (κ1) is 9.98. The molecule has 0 aliphatic rings. The van der Waals surface area contributed by atoms with E-state index in [4.69, 9.17) is 16.0 Å². The van der Waals surface area contributed by atoms with Crippen LogP contribution >= 0.6 is 11.6 Å². The molecule has 0 N–H and O–H groups in total. The molecule has 0 spiro atoms. The van der Waals surface area contributed by atoms with Crippen LogP contribution in [0.1, 0.15) is 16.2 Å². The Morgan fingerprint density at radius 2 is 2.40 bits per heavy atom. The molecule has 2 rings (SSSR count). The number of methoxy groups -OCH3 is 1. The van der Waals surface area contributed by atoms with Crippen LogP contribution in [0.2, 0.25) is 0 Å². The molecule has 0 aliphatic carbocycles. The number of rotatable bonds is 2. The number of oxazole rings is 1. The van der Waals surface area contributed by atoms with Gasteiger partial charge in [-0.1, -0.05) is 12.1 Å². The largest absolute Gasteiger partial charge is 0.462 e. The van der Waals surface area contributed by atoms with E-state index in [1.54, 1.807) is 12.1 Å². The van der Waals surface area contributed by atoms with Gasteiger partial charge in [-0.3, -0.25) is 0 Å². The van der Waals surface area contributed by atoms with E-state index in [0.29, 0.717) is 17.0 Å². The highest BCUT2D eigenvalue weighted by Gasteiger charge is 2.15. The summed E-state index contributed by atoms with van der Waals surface area (Å²) in [4.78, 5) is 15.2. The maximum atomic E-state index is 11.2. The summed E-state index contributed by atoms with van der Waals surface area (Å²) in [5, 5.41) is 0. The molecule has 0 unspecified atom stereocenters. The maximum absolute atomic E-state index is 11.2. The van der Waals surface area contributed by atoms with Crippen molar-refractivity contribution in [2.24, 2.45) is 0 Å². The summed E-state index contributed by atoms with van der Waals surface area (Å²) in [7, 11) is 1.28. The summed E-state index contributed by atoms with van der Waals surface area (Å²) in [6.45, 7) is 0. The average Bonchev–Trinajstić information content (AvgIpc) is 2.71. The smallest absolute Gasteiger partial charge is 0.394 e. The normalized spacial score (nSPS) is 10.5. The Morgan fingerprint density at radius 1 is 1.60 bits per heavy atom. The number of aromatic nitrogens is 1. The third kappa shape index (κ3) is 1.68. The number of benzene rings is 1. The zero-order valence-electron chi connectivity index (χ0n) is 7.99. The quantitative estimate of drug-likeness (QED) is 0.582. The number of halogens is 1. The van der Waals surface area contributed by atoms with E-state index in [9.17, 15) is 4.79 Å². The van der Waals surface area contributed by atoms with Crippen LogP contribution in [0.15, 0.2) is 22.6 Å². The van der Waals surface area contributed by atoms with Crippen molar-refractivity contribution >= 4 is 28.7 Å². The van der Waals surface area contributed by atoms with Gasteiger partial charge in [0.25, 0.3) is 0 Å². The maximum Gasteiger partial charge on any atom is 0.394 e. The van der Waals surface area contributed by atoms with E-state index in [-0.39, 0.29) is 5.89 Å². The molecule has 0 amide bonds. The van der Waals surface area contributed by atoms with Gasteiger partial charge >= 0.3 is 11.9 Å². The summed E-state index contributed by atoms with van der Waals surface area (Å²) in [5.41, 5.74) is 1.97. The van der Waals surface area contributed by atoms with Gasteiger partial charge in [-0.25, -0.2) is 9.78 Å². The molecule has 78 valence electrons. The Kier molecular flexibility index (Phi) is 2.60. The molecule has 0 saturated carbocycles. The second kappa shape index (κ2) is 3.90. The van der Waals surface area contributed by atoms with Crippen molar-refractivity contribution in [3.8, 4) is 0 Å². The summed E-state index contributed by atoms with van der Waals surface area (Å²) < 4.78 is 9.73. The van der Waals surface area contributed by atoms with Gasteiger partial charge in [0.15, 0.2) is 5.58 Å². The van der Waals surface area contributed by atoms with Crippen molar-refractivity contribution in [1.29, 1.82) is 0 Å². The van der Waals surface area contributed by atoms with Crippen LogP contribution in [-0.4, -0.2) is 18.1 Å². The SMILES string of the molecule is COC(=O)c1nc2c(CCl)cccc2o1. The number of para-hydroxylation sites is 1. The van der Waals surface area contributed by atoms with Crippen molar-refractivity contribution in [3.63, 3.8) is 0 Å². The standard InChI is InChI=1S/C10H8ClNO3/c1-14-10(13)9-12-8-6(5-11)3-2-4-7(8)15-9/h2-4H,5H2,1H3.